The number of aryl methyl sites for hydroxylation is 1. The normalized spacial score (nSPS) is 18.0. The van der Waals surface area contributed by atoms with Gasteiger partial charge in [-0.2, -0.15) is 0 Å². The van der Waals surface area contributed by atoms with Gasteiger partial charge in [-0.15, -0.1) is 0 Å². The lowest BCUT2D eigenvalue weighted by molar-refractivity contribution is 0.542. The number of hydrogen-bond donors (Lipinski definition) is 1. The Morgan fingerprint density at radius 1 is 1.53 bits per heavy atom. The van der Waals surface area contributed by atoms with Gasteiger partial charge in [0.05, 0.1) is 17.0 Å². The van der Waals surface area contributed by atoms with Crippen molar-refractivity contribution in [2.24, 2.45) is 0 Å². The van der Waals surface area contributed by atoms with Gasteiger partial charge in [-0.25, -0.2) is 13.1 Å². The SMILES string of the molecule is CC[C@@H](NS(=O)(=O)C1CC1)c1ncccc1C. The summed E-state index contributed by atoms with van der Waals surface area (Å²) in [5.41, 5.74) is 1.86. The lowest BCUT2D eigenvalue weighted by Gasteiger charge is -2.18. The highest BCUT2D eigenvalue weighted by Gasteiger charge is 2.37. The summed E-state index contributed by atoms with van der Waals surface area (Å²) >= 11 is 0. The zero-order valence-corrected chi connectivity index (χ0v) is 11.0. The lowest BCUT2D eigenvalue weighted by atomic mass is 10.1. The van der Waals surface area contributed by atoms with E-state index in [0.717, 1.165) is 24.1 Å². The van der Waals surface area contributed by atoms with Gasteiger partial charge in [0, 0.05) is 6.20 Å². The summed E-state index contributed by atoms with van der Waals surface area (Å²) in [5.74, 6) is 0. The van der Waals surface area contributed by atoms with Gasteiger partial charge in [0.1, 0.15) is 0 Å². The van der Waals surface area contributed by atoms with E-state index in [0.29, 0.717) is 6.42 Å². The number of sulfonamides is 1. The van der Waals surface area contributed by atoms with Crippen LogP contribution < -0.4 is 4.72 Å². The molecule has 1 aliphatic carbocycles. The van der Waals surface area contributed by atoms with Gasteiger partial charge in [0.15, 0.2) is 0 Å². The van der Waals surface area contributed by atoms with Crippen molar-refractivity contribution in [2.45, 2.75) is 44.4 Å². The van der Waals surface area contributed by atoms with Crippen LogP contribution in [-0.4, -0.2) is 18.7 Å². The van der Waals surface area contributed by atoms with Crippen molar-refractivity contribution in [3.63, 3.8) is 0 Å². The maximum absolute atomic E-state index is 11.9. The molecule has 1 aromatic rings. The summed E-state index contributed by atoms with van der Waals surface area (Å²) in [4.78, 5) is 4.29. The molecule has 4 nitrogen and oxygen atoms in total. The van der Waals surface area contributed by atoms with Gasteiger partial charge >= 0.3 is 0 Å². The quantitative estimate of drug-likeness (QED) is 0.873. The standard InChI is InChI=1S/C12H18N2O2S/c1-3-11(12-9(2)5-4-8-13-12)14-17(15,16)10-6-7-10/h4-5,8,10-11,14H,3,6-7H2,1-2H3/t11-/m1/s1. The molecule has 0 radical (unpaired) electrons. The molecule has 0 aromatic carbocycles. The summed E-state index contributed by atoms with van der Waals surface area (Å²) in [6, 6.07) is 3.61. The van der Waals surface area contributed by atoms with Crippen molar-refractivity contribution >= 4 is 10.0 Å². The maximum Gasteiger partial charge on any atom is 0.215 e. The minimum absolute atomic E-state index is 0.180. The number of nitrogens with one attached hydrogen (secondary N) is 1. The van der Waals surface area contributed by atoms with Gasteiger partial charge in [-0.05, 0) is 37.8 Å². The van der Waals surface area contributed by atoms with Gasteiger partial charge in [0.25, 0.3) is 0 Å². The zero-order chi connectivity index (χ0) is 12.5. The van der Waals surface area contributed by atoms with Crippen LogP contribution in [-0.2, 0) is 10.0 Å². The fraction of sp³-hybridized carbons (Fsp3) is 0.583. The van der Waals surface area contributed by atoms with Crippen molar-refractivity contribution in [2.75, 3.05) is 0 Å². The van der Waals surface area contributed by atoms with Crippen LogP contribution >= 0.6 is 0 Å². The van der Waals surface area contributed by atoms with Gasteiger partial charge in [-0.1, -0.05) is 13.0 Å². The van der Waals surface area contributed by atoms with E-state index < -0.39 is 10.0 Å². The van der Waals surface area contributed by atoms with E-state index in [1.54, 1.807) is 6.20 Å². The fourth-order valence-corrected chi connectivity index (χ4v) is 3.49. The molecular weight excluding hydrogens is 236 g/mol. The summed E-state index contributed by atoms with van der Waals surface area (Å²) in [6.07, 6.45) is 3.99. The summed E-state index contributed by atoms with van der Waals surface area (Å²) < 4.78 is 26.6. The third-order valence-corrected chi connectivity index (χ3v) is 5.02. The first-order valence-electron chi connectivity index (χ1n) is 5.97. The van der Waals surface area contributed by atoms with Crippen LogP contribution in [0, 0.1) is 6.92 Å². The van der Waals surface area contributed by atoms with Crippen LogP contribution in [0.5, 0.6) is 0 Å². The van der Waals surface area contributed by atoms with Crippen molar-refractivity contribution in [3.05, 3.63) is 29.6 Å². The second-order valence-corrected chi connectivity index (χ2v) is 6.52. The Balaban J connectivity index is 2.20. The Morgan fingerprint density at radius 3 is 2.76 bits per heavy atom. The molecule has 0 amide bonds. The minimum atomic E-state index is -3.15. The van der Waals surface area contributed by atoms with Crippen molar-refractivity contribution in [3.8, 4) is 0 Å². The second kappa shape index (κ2) is 4.74. The molecule has 1 aliphatic rings. The van der Waals surface area contributed by atoms with E-state index in [1.165, 1.54) is 0 Å². The zero-order valence-electron chi connectivity index (χ0n) is 10.2. The number of pyridine rings is 1. The van der Waals surface area contributed by atoms with E-state index in [2.05, 4.69) is 9.71 Å². The van der Waals surface area contributed by atoms with E-state index in [1.807, 2.05) is 26.0 Å². The van der Waals surface area contributed by atoms with Crippen LogP contribution in [0.2, 0.25) is 0 Å². The lowest BCUT2D eigenvalue weighted by Crippen LogP contribution is -2.32. The van der Waals surface area contributed by atoms with Crippen molar-refractivity contribution < 1.29 is 8.42 Å². The number of nitrogens with zero attached hydrogens (tertiary/aromatic N) is 1. The molecule has 1 N–H and O–H groups in total. The second-order valence-electron chi connectivity index (χ2n) is 4.53. The summed E-state index contributed by atoms with van der Waals surface area (Å²) in [6.45, 7) is 3.92. The molecule has 17 heavy (non-hydrogen) atoms. The van der Waals surface area contributed by atoms with Gasteiger partial charge in [0.2, 0.25) is 10.0 Å². The van der Waals surface area contributed by atoms with Crippen LogP contribution in [0.4, 0.5) is 0 Å². The Labute approximate surface area is 103 Å². The molecule has 94 valence electrons. The average Bonchev–Trinajstić information content (AvgIpc) is 3.11. The number of aromatic nitrogens is 1. The first-order chi connectivity index (χ1) is 8.04. The molecule has 0 aliphatic heterocycles. The Hall–Kier alpha value is -0.940. The first kappa shape index (κ1) is 12.5. The molecule has 2 rings (SSSR count). The Bertz CT molecular complexity index is 495. The van der Waals surface area contributed by atoms with E-state index in [4.69, 9.17) is 0 Å². The molecule has 0 saturated heterocycles. The minimum Gasteiger partial charge on any atom is -0.259 e. The number of hydrogen-bond acceptors (Lipinski definition) is 3. The molecule has 1 atom stereocenters. The summed E-state index contributed by atoms with van der Waals surface area (Å²) in [7, 11) is -3.15. The highest BCUT2D eigenvalue weighted by molar-refractivity contribution is 7.90. The third-order valence-electron chi connectivity index (χ3n) is 3.06. The average molecular weight is 254 g/mol. The van der Waals surface area contributed by atoms with Crippen LogP contribution in [0.15, 0.2) is 18.3 Å². The largest absolute Gasteiger partial charge is 0.259 e. The van der Waals surface area contributed by atoms with Gasteiger partial charge < -0.3 is 0 Å². The molecule has 1 heterocycles. The molecule has 1 fully saturated rings. The predicted molar refractivity (Wildman–Crippen MR) is 67.1 cm³/mol. The molecule has 0 bridgehead atoms. The van der Waals surface area contributed by atoms with E-state index in [9.17, 15) is 8.42 Å². The van der Waals surface area contributed by atoms with Crippen LogP contribution in [0.3, 0.4) is 0 Å². The molecule has 0 spiro atoms. The van der Waals surface area contributed by atoms with Crippen LogP contribution in [0.25, 0.3) is 0 Å². The molecule has 0 unspecified atom stereocenters. The van der Waals surface area contributed by atoms with E-state index >= 15 is 0 Å². The Kier molecular flexibility index (Phi) is 3.49. The van der Waals surface area contributed by atoms with Crippen molar-refractivity contribution in [1.82, 2.24) is 9.71 Å². The molecule has 1 saturated carbocycles. The van der Waals surface area contributed by atoms with Crippen molar-refractivity contribution in [1.29, 1.82) is 0 Å². The fourth-order valence-electron chi connectivity index (χ4n) is 1.87. The topological polar surface area (TPSA) is 59.1 Å². The third kappa shape index (κ3) is 2.84. The van der Waals surface area contributed by atoms with E-state index in [-0.39, 0.29) is 11.3 Å². The maximum atomic E-state index is 11.9. The monoisotopic (exact) mass is 254 g/mol. The van der Waals surface area contributed by atoms with Crippen LogP contribution in [0.1, 0.15) is 43.5 Å². The van der Waals surface area contributed by atoms with Gasteiger partial charge in [-0.3, -0.25) is 4.98 Å². The number of rotatable bonds is 5. The predicted octanol–water partition coefficient (Wildman–Crippen LogP) is 1.92. The summed E-state index contributed by atoms with van der Waals surface area (Å²) in [5, 5.41) is -0.180. The smallest absolute Gasteiger partial charge is 0.215 e. The molecular formula is C12H18N2O2S. The molecule has 5 heteroatoms. The molecule has 1 aromatic heterocycles. The Morgan fingerprint density at radius 2 is 2.24 bits per heavy atom. The first-order valence-corrected chi connectivity index (χ1v) is 7.52. The highest BCUT2D eigenvalue weighted by Crippen LogP contribution is 2.30. The highest BCUT2D eigenvalue weighted by atomic mass is 32.2.